The maximum absolute atomic E-state index is 11.9. The molecule has 0 aliphatic heterocycles. The zero-order chi connectivity index (χ0) is 15.0. The van der Waals surface area contributed by atoms with Crippen molar-refractivity contribution in [2.45, 2.75) is 53.3 Å². The molecule has 0 saturated carbocycles. The Morgan fingerprint density at radius 2 is 1.63 bits per heavy atom. The quantitative estimate of drug-likeness (QED) is 0.850. The molecule has 19 heavy (non-hydrogen) atoms. The Morgan fingerprint density at radius 1 is 1.16 bits per heavy atom. The largest absolute Gasteiger partial charge is 0.366 e. The fourth-order valence-corrected chi connectivity index (χ4v) is 5.50. The summed E-state index contributed by atoms with van der Waals surface area (Å²) in [4.78, 5) is 11.9. The lowest BCUT2D eigenvalue weighted by Crippen LogP contribution is -2.46. The van der Waals surface area contributed by atoms with Crippen LogP contribution < -0.4 is 10.9 Å². The van der Waals surface area contributed by atoms with Crippen molar-refractivity contribution in [2.75, 3.05) is 0 Å². The standard InChI is InChI=1S/C15H24ClNOSi/c1-7-10-9(3)13(16)12(15(17)18)14(11(10)8-2)19(4,5)6/h7-8H2,1-6H3,(H2,17,18). The lowest BCUT2D eigenvalue weighted by molar-refractivity contribution is 0.100. The van der Waals surface area contributed by atoms with Crippen molar-refractivity contribution in [1.29, 1.82) is 0 Å². The van der Waals surface area contributed by atoms with E-state index in [1.54, 1.807) is 0 Å². The highest BCUT2D eigenvalue weighted by Crippen LogP contribution is 2.29. The minimum absolute atomic E-state index is 0.400. The molecular formula is C15H24ClNOSi. The summed E-state index contributed by atoms with van der Waals surface area (Å²) >= 11 is 6.43. The molecule has 0 radical (unpaired) electrons. The van der Waals surface area contributed by atoms with Gasteiger partial charge in [0.05, 0.1) is 18.7 Å². The minimum Gasteiger partial charge on any atom is -0.366 e. The molecule has 0 unspecified atom stereocenters. The Morgan fingerprint density at radius 3 is 1.95 bits per heavy atom. The van der Waals surface area contributed by atoms with Gasteiger partial charge in [-0.05, 0) is 41.6 Å². The lowest BCUT2D eigenvalue weighted by atomic mass is 9.94. The number of carbonyl (C=O) groups excluding carboxylic acids is 1. The Bertz CT molecular complexity index is 518. The molecule has 0 spiro atoms. The molecule has 1 aromatic carbocycles. The van der Waals surface area contributed by atoms with Crippen molar-refractivity contribution in [1.82, 2.24) is 0 Å². The molecule has 2 N–H and O–H groups in total. The van der Waals surface area contributed by atoms with Crippen molar-refractivity contribution < 1.29 is 4.79 Å². The molecule has 0 heterocycles. The van der Waals surface area contributed by atoms with Crippen LogP contribution in [-0.4, -0.2) is 14.0 Å². The van der Waals surface area contributed by atoms with Gasteiger partial charge in [0.15, 0.2) is 0 Å². The Kier molecular flexibility index (Phi) is 4.85. The molecule has 0 aromatic heterocycles. The van der Waals surface area contributed by atoms with Gasteiger partial charge in [0.2, 0.25) is 5.91 Å². The van der Waals surface area contributed by atoms with Crippen LogP contribution in [0.15, 0.2) is 0 Å². The molecule has 0 aliphatic rings. The van der Waals surface area contributed by atoms with Crippen LogP contribution in [0.2, 0.25) is 24.7 Å². The Balaban J connectivity index is 3.93. The van der Waals surface area contributed by atoms with E-state index in [4.69, 9.17) is 17.3 Å². The second-order valence-electron chi connectivity index (χ2n) is 5.97. The smallest absolute Gasteiger partial charge is 0.250 e. The Labute approximate surface area is 122 Å². The van der Waals surface area contributed by atoms with Crippen LogP contribution in [0.1, 0.15) is 40.9 Å². The van der Waals surface area contributed by atoms with Gasteiger partial charge < -0.3 is 5.73 Å². The molecule has 0 fully saturated rings. The van der Waals surface area contributed by atoms with Gasteiger partial charge in [-0.15, -0.1) is 0 Å². The number of primary amides is 1. The number of nitrogens with two attached hydrogens (primary N) is 1. The summed E-state index contributed by atoms with van der Waals surface area (Å²) < 4.78 is 0. The van der Waals surface area contributed by atoms with Gasteiger partial charge in [-0.25, -0.2) is 0 Å². The van der Waals surface area contributed by atoms with Gasteiger partial charge in [-0.2, -0.15) is 0 Å². The van der Waals surface area contributed by atoms with Crippen molar-refractivity contribution in [3.05, 3.63) is 27.3 Å². The summed E-state index contributed by atoms with van der Waals surface area (Å²) in [5, 5.41) is 1.70. The predicted molar refractivity (Wildman–Crippen MR) is 86.4 cm³/mol. The van der Waals surface area contributed by atoms with E-state index in [1.165, 1.54) is 11.1 Å². The number of amides is 1. The van der Waals surface area contributed by atoms with E-state index >= 15 is 0 Å². The maximum Gasteiger partial charge on any atom is 0.250 e. The van der Waals surface area contributed by atoms with E-state index < -0.39 is 14.0 Å². The van der Waals surface area contributed by atoms with Crippen LogP contribution in [0, 0.1) is 6.92 Å². The molecule has 2 nitrogen and oxygen atoms in total. The van der Waals surface area contributed by atoms with E-state index in [-0.39, 0.29) is 0 Å². The number of hydrogen-bond donors (Lipinski definition) is 1. The summed E-state index contributed by atoms with van der Waals surface area (Å²) in [6.07, 6.45) is 1.85. The number of hydrogen-bond acceptors (Lipinski definition) is 1. The molecular weight excluding hydrogens is 274 g/mol. The number of halogens is 1. The SMILES string of the molecule is CCc1c(C)c(Cl)c(C(N)=O)c([Si](C)(C)C)c1CC. The highest BCUT2D eigenvalue weighted by atomic mass is 35.5. The van der Waals surface area contributed by atoms with Crippen molar-refractivity contribution in [3.8, 4) is 0 Å². The second kappa shape index (κ2) is 5.67. The first kappa shape index (κ1) is 16.3. The molecule has 0 saturated heterocycles. The number of carbonyl (C=O) groups is 1. The third-order valence-electron chi connectivity index (χ3n) is 3.62. The minimum atomic E-state index is -1.69. The number of rotatable bonds is 4. The van der Waals surface area contributed by atoms with E-state index in [0.29, 0.717) is 10.6 Å². The number of benzene rings is 1. The molecule has 0 atom stereocenters. The highest BCUT2D eigenvalue weighted by Gasteiger charge is 2.30. The van der Waals surface area contributed by atoms with Crippen LogP contribution in [0.4, 0.5) is 0 Å². The van der Waals surface area contributed by atoms with E-state index in [9.17, 15) is 4.79 Å². The summed E-state index contributed by atoms with van der Waals surface area (Å²) in [7, 11) is -1.69. The van der Waals surface area contributed by atoms with Crippen molar-refractivity contribution >= 4 is 30.8 Å². The summed E-state index contributed by atoms with van der Waals surface area (Å²) in [6, 6.07) is 0. The molecule has 1 aromatic rings. The molecule has 1 rings (SSSR count). The molecule has 106 valence electrons. The van der Waals surface area contributed by atoms with Gasteiger partial charge in [-0.3, -0.25) is 4.79 Å². The average molecular weight is 298 g/mol. The fourth-order valence-electron chi connectivity index (χ4n) is 2.89. The van der Waals surface area contributed by atoms with Crippen LogP contribution in [0.3, 0.4) is 0 Å². The third-order valence-corrected chi connectivity index (χ3v) is 6.15. The lowest BCUT2D eigenvalue weighted by Gasteiger charge is -2.28. The first-order valence-electron chi connectivity index (χ1n) is 6.80. The van der Waals surface area contributed by atoms with E-state index in [2.05, 4.69) is 33.5 Å². The molecule has 1 amide bonds. The summed E-state index contributed by atoms with van der Waals surface area (Å²) in [5.74, 6) is -0.400. The van der Waals surface area contributed by atoms with E-state index in [0.717, 1.165) is 23.6 Å². The van der Waals surface area contributed by atoms with Crippen LogP contribution in [0.25, 0.3) is 0 Å². The monoisotopic (exact) mass is 297 g/mol. The zero-order valence-corrected chi connectivity index (χ0v) is 14.5. The van der Waals surface area contributed by atoms with Crippen LogP contribution >= 0.6 is 11.6 Å². The zero-order valence-electron chi connectivity index (χ0n) is 12.8. The van der Waals surface area contributed by atoms with Gasteiger partial charge in [-0.1, -0.05) is 45.1 Å². The van der Waals surface area contributed by atoms with Crippen LogP contribution in [-0.2, 0) is 12.8 Å². The topological polar surface area (TPSA) is 43.1 Å². The first-order chi connectivity index (χ1) is 8.66. The molecule has 4 heteroatoms. The van der Waals surface area contributed by atoms with Crippen molar-refractivity contribution in [3.63, 3.8) is 0 Å². The summed E-state index contributed by atoms with van der Waals surface area (Å²) in [6.45, 7) is 13.0. The Hall–Kier alpha value is -0.803. The van der Waals surface area contributed by atoms with Gasteiger partial charge in [0.1, 0.15) is 0 Å². The first-order valence-corrected chi connectivity index (χ1v) is 10.7. The van der Waals surface area contributed by atoms with Gasteiger partial charge >= 0.3 is 0 Å². The average Bonchev–Trinajstić information content (AvgIpc) is 2.29. The third kappa shape index (κ3) is 2.87. The van der Waals surface area contributed by atoms with Crippen LogP contribution in [0.5, 0.6) is 0 Å². The van der Waals surface area contributed by atoms with Gasteiger partial charge in [0, 0.05) is 0 Å². The molecule has 0 aliphatic carbocycles. The predicted octanol–water partition coefficient (Wildman–Crippen LogP) is 3.42. The summed E-state index contributed by atoms with van der Waals surface area (Å²) in [5.41, 5.74) is 9.74. The highest BCUT2D eigenvalue weighted by molar-refractivity contribution is 6.90. The second-order valence-corrected chi connectivity index (χ2v) is 11.3. The maximum atomic E-state index is 11.9. The fraction of sp³-hybridized carbons (Fsp3) is 0.533. The van der Waals surface area contributed by atoms with Crippen molar-refractivity contribution in [2.24, 2.45) is 5.73 Å². The molecule has 0 bridgehead atoms. The van der Waals surface area contributed by atoms with E-state index in [1.807, 2.05) is 6.92 Å². The van der Waals surface area contributed by atoms with Gasteiger partial charge in [0.25, 0.3) is 0 Å². The normalized spacial score (nSPS) is 11.7.